The van der Waals surface area contributed by atoms with E-state index in [1.165, 1.54) is 12.4 Å². The van der Waals surface area contributed by atoms with E-state index in [4.69, 9.17) is 11.6 Å². The van der Waals surface area contributed by atoms with Crippen molar-refractivity contribution in [2.45, 2.75) is 26.3 Å². The van der Waals surface area contributed by atoms with Gasteiger partial charge in [0.15, 0.2) is 0 Å². The fourth-order valence-corrected chi connectivity index (χ4v) is 2.20. The molecule has 0 radical (unpaired) electrons. The van der Waals surface area contributed by atoms with Gasteiger partial charge in [0, 0.05) is 11.1 Å². The van der Waals surface area contributed by atoms with Crippen molar-refractivity contribution in [3.8, 4) is 0 Å². The van der Waals surface area contributed by atoms with Crippen LogP contribution in [0, 0.1) is 5.82 Å². The normalized spacial score (nSPS) is 12.2. The summed E-state index contributed by atoms with van der Waals surface area (Å²) in [4.78, 5) is 8.12. The first-order chi connectivity index (χ1) is 9.13. The van der Waals surface area contributed by atoms with Gasteiger partial charge >= 0.3 is 0 Å². The average molecular weight is 280 g/mol. The molecular formula is C14H15ClFN3. The van der Waals surface area contributed by atoms with Crippen LogP contribution < -0.4 is 5.32 Å². The Morgan fingerprint density at radius 3 is 2.74 bits per heavy atom. The molecule has 1 aromatic carbocycles. The van der Waals surface area contributed by atoms with Crippen LogP contribution in [-0.2, 0) is 6.42 Å². The lowest BCUT2D eigenvalue weighted by Crippen LogP contribution is -2.12. The van der Waals surface area contributed by atoms with E-state index in [1.54, 1.807) is 12.1 Å². The molecule has 0 bridgehead atoms. The molecular weight excluding hydrogens is 265 g/mol. The van der Waals surface area contributed by atoms with Gasteiger partial charge < -0.3 is 5.32 Å². The zero-order valence-electron chi connectivity index (χ0n) is 10.8. The molecule has 0 spiro atoms. The van der Waals surface area contributed by atoms with Gasteiger partial charge in [0.25, 0.3) is 0 Å². The number of halogens is 2. The molecule has 19 heavy (non-hydrogen) atoms. The van der Waals surface area contributed by atoms with Crippen LogP contribution in [0.2, 0.25) is 5.15 Å². The van der Waals surface area contributed by atoms with Crippen molar-refractivity contribution < 1.29 is 4.39 Å². The monoisotopic (exact) mass is 279 g/mol. The summed E-state index contributed by atoms with van der Waals surface area (Å²) in [5.41, 5.74) is 1.44. The summed E-state index contributed by atoms with van der Waals surface area (Å²) in [6, 6.07) is 6.48. The van der Waals surface area contributed by atoms with Crippen LogP contribution in [0.5, 0.6) is 0 Å². The predicted molar refractivity (Wildman–Crippen MR) is 74.9 cm³/mol. The SMILES string of the molecule is CCc1c(Cl)ncnc1NC(C)c1ccccc1F. The predicted octanol–water partition coefficient (Wildman–Crippen LogP) is 4.00. The maximum atomic E-state index is 13.7. The molecule has 0 aliphatic rings. The number of rotatable bonds is 4. The van der Waals surface area contributed by atoms with Crippen molar-refractivity contribution in [1.29, 1.82) is 0 Å². The number of benzene rings is 1. The maximum absolute atomic E-state index is 13.7. The molecule has 1 heterocycles. The zero-order chi connectivity index (χ0) is 13.8. The molecule has 2 rings (SSSR count). The van der Waals surface area contributed by atoms with Gasteiger partial charge in [-0.05, 0) is 19.4 Å². The van der Waals surface area contributed by atoms with E-state index in [-0.39, 0.29) is 11.9 Å². The largest absolute Gasteiger partial charge is 0.363 e. The number of hydrogen-bond acceptors (Lipinski definition) is 3. The quantitative estimate of drug-likeness (QED) is 0.860. The fourth-order valence-electron chi connectivity index (χ4n) is 1.94. The highest BCUT2D eigenvalue weighted by Crippen LogP contribution is 2.25. The van der Waals surface area contributed by atoms with Gasteiger partial charge in [0.2, 0.25) is 0 Å². The van der Waals surface area contributed by atoms with Crippen molar-refractivity contribution in [3.05, 3.63) is 52.7 Å². The van der Waals surface area contributed by atoms with Crippen molar-refractivity contribution in [3.63, 3.8) is 0 Å². The first-order valence-electron chi connectivity index (χ1n) is 6.13. The van der Waals surface area contributed by atoms with E-state index in [0.717, 1.165) is 5.56 Å². The van der Waals surface area contributed by atoms with Crippen molar-refractivity contribution >= 4 is 17.4 Å². The van der Waals surface area contributed by atoms with Crippen molar-refractivity contribution in [1.82, 2.24) is 9.97 Å². The smallest absolute Gasteiger partial charge is 0.137 e. The second kappa shape index (κ2) is 5.97. The summed E-state index contributed by atoms with van der Waals surface area (Å²) in [6.07, 6.45) is 2.11. The number of hydrogen-bond donors (Lipinski definition) is 1. The van der Waals surface area contributed by atoms with E-state index >= 15 is 0 Å². The molecule has 0 aliphatic carbocycles. The Hall–Kier alpha value is -1.68. The molecule has 5 heteroatoms. The Morgan fingerprint density at radius 2 is 2.05 bits per heavy atom. The first-order valence-corrected chi connectivity index (χ1v) is 6.51. The summed E-state index contributed by atoms with van der Waals surface area (Å²) in [5.74, 6) is 0.416. The maximum Gasteiger partial charge on any atom is 0.137 e. The minimum Gasteiger partial charge on any atom is -0.363 e. The lowest BCUT2D eigenvalue weighted by molar-refractivity contribution is 0.600. The zero-order valence-corrected chi connectivity index (χ0v) is 11.6. The first kappa shape index (κ1) is 13.7. The Kier molecular flexibility index (Phi) is 4.32. The van der Waals surface area contributed by atoms with Gasteiger partial charge in [-0.1, -0.05) is 36.7 Å². The Morgan fingerprint density at radius 1 is 1.32 bits per heavy atom. The van der Waals surface area contributed by atoms with Gasteiger partial charge in [-0.2, -0.15) is 0 Å². The third kappa shape index (κ3) is 3.01. The minimum absolute atomic E-state index is 0.197. The summed E-state index contributed by atoms with van der Waals surface area (Å²) in [6.45, 7) is 3.86. The Balaban J connectivity index is 2.27. The number of nitrogens with zero attached hydrogens (tertiary/aromatic N) is 2. The van der Waals surface area contributed by atoms with Crippen LogP contribution in [0.4, 0.5) is 10.2 Å². The lowest BCUT2D eigenvalue weighted by Gasteiger charge is -2.17. The summed E-state index contributed by atoms with van der Waals surface area (Å²) >= 11 is 6.03. The molecule has 0 fully saturated rings. The molecule has 0 saturated heterocycles. The fraction of sp³-hybridized carbons (Fsp3) is 0.286. The minimum atomic E-state index is -0.235. The van der Waals surface area contributed by atoms with Crippen molar-refractivity contribution in [2.75, 3.05) is 5.32 Å². The van der Waals surface area contributed by atoms with E-state index < -0.39 is 0 Å². The van der Waals surface area contributed by atoms with Gasteiger partial charge in [0.05, 0.1) is 6.04 Å². The van der Waals surface area contributed by atoms with Crippen LogP contribution in [0.25, 0.3) is 0 Å². The van der Waals surface area contributed by atoms with Gasteiger partial charge in [0.1, 0.15) is 23.1 Å². The van der Waals surface area contributed by atoms with Crippen LogP contribution in [-0.4, -0.2) is 9.97 Å². The van der Waals surface area contributed by atoms with Gasteiger partial charge in [-0.15, -0.1) is 0 Å². The van der Waals surface area contributed by atoms with Crippen LogP contribution in [0.1, 0.15) is 31.0 Å². The molecule has 1 N–H and O–H groups in total. The molecule has 1 atom stereocenters. The molecule has 2 aromatic rings. The second-order valence-electron chi connectivity index (χ2n) is 4.23. The lowest BCUT2D eigenvalue weighted by atomic mass is 10.1. The average Bonchev–Trinajstić information content (AvgIpc) is 2.39. The highest BCUT2D eigenvalue weighted by atomic mass is 35.5. The topological polar surface area (TPSA) is 37.8 Å². The second-order valence-corrected chi connectivity index (χ2v) is 4.59. The summed E-state index contributed by atoms with van der Waals surface area (Å²) in [7, 11) is 0. The number of anilines is 1. The summed E-state index contributed by atoms with van der Waals surface area (Å²) < 4.78 is 13.7. The molecule has 1 aromatic heterocycles. The summed E-state index contributed by atoms with van der Waals surface area (Å²) in [5, 5.41) is 3.62. The molecule has 0 amide bonds. The molecule has 3 nitrogen and oxygen atoms in total. The standard InChI is InChI=1S/C14H15ClFN3/c1-3-10-13(15)17-8-18-14(10)19-9(2)11-6-4-5-7-12(11)16/h4-9H,3H2,1-2H3,(H,17,18,19). The highest BCUT2D eigenvalue weighted by molar-refractivity contribution is 6.30. The van der Waals surface area contributed by atoms with E-state index in [2.05, 4.69) is 15.3 Å². The van der Waals surface area contributed by atoms with E-state index in [0.29, 0.717) is 23.0 Å². The molecule has 1 unspecified atom stereocenters. The molecule has 0 aliphatic heterocycles. The highest BCUT2D eigenvalue weighted by Gasteiger charge is 2.14. The van der Waals surface area contributed by atoms with Crippen LogP contribution in [0.3, 0.4) is 0 Å². The van der Waals surface area contributed by atoms with Crippen LogP contribution >= 0.6 is 11.6 Å². The third-order valence-corrected chi connectivity index (χ3v) is 3.30. The van der Waals surface area contributed by atoms with Gasteiger partial charge in [-0.25, -0.2) is 14.4 Å². The van der Waals surface area contributed by atoms with E-state index in [1.807, 2.05) is 19.9 Å². The van der Waals surface area contributed by atoms with Gasteiger partial charge in [-0.3, -0.25) is 0 Å². The third-order valence-electron chi connectivity index (χ3n) is 2.97. The molecule has 100 valence electrons. The van der Waals surface area contributed by atoms with Crippen LogP contribution in [0.15, 0.2) is 30.6 Å². The Bertz CT molecular complexity index is 574. The number of aromatic nitrogens is 2. The molecule has 0 saturated carbocycles. The Labute approximate surface area is 116 Å². The number of nitrogens with one attached hydrogen (secondary N) is 1. The van der Waals surface area contributed by atoms with Crippen molar-refractivity contribution in [2.24, 2.45) is 0 Å². The van der Waals surface area contributed by atoms with E-state index in [9.17, 15) is 4.39 Å².